The predicted molar refractivity (Wildman–Crippen MR) is 73.5 cm³/mol. The maximum absolute atomic E-state index is 11.6. The van der Waals surface area contributed by atoms with Crippen molar-refractivity contribution in [2.24, 2.45) is 0 Å². The second kappa shape index (κ2) is 10.6. The van der Waals surface area contributed by atoms with Crippen LogP contribution in [0.3, 0.4) is 0 Å². The number of aliphatic carboxylic acids is 1. The summed E-state index contributed by atoms with van der Waals surface area (Å²) in [7, 11) is 0. The Hall–Kier alpha value is -2.08. The van der Waals surface area contributed by atoms with E-state index in [1.165, 1.54) is 0 Å². The number of carboxylic acids is 1. The van der Waals surface area contributed by atoms with Crippen molar-refractivity contribution >= 4 is 24.2 Å². The van der Waals surface area contributed by atoms with E-state index in [9.17, 15) is 29.4 Å². The summed E-state index contributed by atoms with van der Waals surface area (Å²) in [4.78, 5) is 44.4. The first kappa shape index (κ1) is 21.9. The zero-order valence-electron chi connectivity index (χ0n) is 12.8. The van der Waals surface area contributed by atoms with Crippen molar-refractivity contribution in [3.8, 4) is 0 Å². The normalized spacial score (nSPS) is 17.0. The van der Waals surface area contributed by atoms with Gasteiger partial charge in [-0.25, -0.2) is 4.79 Å². The Morgan fingerprint density at radius 1 is 1.08 bits per heavy atom. The number of esters is 2. The molecular formula is C13H20O11. The fourth-order valence-corrected chi connectivity index (χ4v) is 1.48. The van der Waals surface area contributed by atoms with Crippen LogP contribution in [0.1, 0.15) is 19.8 Å². The van der Waals surface area contributed by atoms with Crippen LogP contribution in [0.15, 0.2) is 0 Å². The first-order valence-electron chi connectivity index (χ1n) is 6.86. The minimum absolute atomic E-state index is 0.0112. The van der Waals surface area contributed by atoms with Gasteiger partial charge in [-0.3, -0.25) is 14.4 Å². The van der Waals surface area contributed by atoms with E-state index in [0.717, 1.165) is 6.92 Å². The first-order chi connectivity index (χ1) is 11.1. The number of carbonyl (C=O) groups excluding carboxylic acids is 3. The summed E-state index contributed by atoms with van der Waals surface area (Å²) in [6, 6.07) is 0. The number of ether oxygens (including phenoxy) is 2. The Kier molecular flexibility index (Phi) is 9.73. The molecule has 0 radical (unpaired) electrons. The maximum Gasteiger partial charge on any atom is 0.335 e. The standard InChI is InChI=1S/C13H20O11/c1-6(16)13(22)23-8(5-15)12(11(21)7(17)4-14)24-10(20)3-2-9(18)19/h5-8,11-12,14,16-17,21H,2-4H2,1H3,(H,18,19)/t6?,7-,8+,11-,12-/m1/s1. The third-order valence-electron chi connectivity index (χ3n) is 2.78. The van der Waals surface area contributed by atoms with Crippen LogP contribution in [0.25, 0.3) is 0 Å². The molecule has 0 bridgehead atoms. The molecule has 0 aromatic rings. The molecule has 138 valence electrons. The van der Waals surface area contributed by atoms with Gasteiger partial charge in [0.1, 0.15) is 18.3 Å². The van der Waals surface area contributed by atoms with Crippen molar-refractivity contribution in [3.05, 3.63) is 0 Å². The van der Waals surface area contributed by atoms with Crippen LogP contribution < -0.4 is 0 Å². The number of hydrogen-bond donors (Lipinski definition) is 5. The van der Waals surface area contributed by atoms with Gasteiger partial charge in [-0.2, -0.15) is 0 Å². The Bertz CT molecular complexity index is 447. The molecule has 0 rings (SSSR count). The molecular weight excluding hydrogens is 332 g/mol. The van der Waals surface area contributed by atoms with Crippen LogP contribution in [0.5, 0.6) is 0 Å². The second-order valence-electron chi connectivity index (χ2n) is 4.80. The first-order valence-corrected chi connectivity index (χ1v) is 6.86. The van der Waals surface area contributed by atoms with Gasteiger partial charge in [-0.1, -0.05) is 0 Å². The molecule has 11 heteroatoms. The summed E-state index contributed by atoms with van der Waals surface area (Å²) in [5, 5.41) is 45.6. The van der Waals surface area contributed by atoms with Gasteiger partial charge in [0, 0.05) is 0 Å². The van der Waals surface area contributed by atoms with Crippen LogP contribution in [0.4, 0.5) is 0 Å². The Morgan fingerprint density at radius 3 is 2.08 bits per heavy atom. The molecule has 0 aliphatic heterocycles. The summed E-state index contributed by atoms with van der Waals surface area (Å²) in [6.07, 6.45) is -10.5. The van der Waals surface area contributed by atoms with Gasteiger partial charge in [0.2, 0.25) is 0 Å². The number of aldehydes is 1. The van der Waals surface area contributed by atoms with Gasteiger partial charge < -0.3 is 35.0 Å². The summed E-state index contributed by atoms with van der Waals surface area (Å²) >= 11 is 0. The monoisotopic (exact) mass is 352 g/mol. The lowest BCUT2D eigenvalue weighted by atomic mass is 10.0. The number of hydrogen-bond acceptors (Lipinski definition) is 10. The smallest absolute Gasteiger partial charge is 0.335 e. The fourth-order valence-electron chi connectivity index (χ4n) is 1.48. The van der Waals surface area contributed by atoms with E-state index in [0.29, 0.717) is 0 Å². The zero-order valence-corrected chi connectivity index (χ0v) is 12.8. The van der Waals surface area contributed by atoms with Crippen molar-refractivity contribution in [2.45, 2.75) is 50.3 Å². The molecule has 1 unspecified atom stereocenters. The van der Waals surface area contributed by atoms with Gasteiger partial charge in [-0.05, 0) is 6.92 Å². The van der Waals surface area contributed by atoms with Gasteiger partial charge >= 0.3 is 17.9 Å². The highest BCUT2D eigenvalue weighted by molar-refractivity contribution is 5.78. The second-order valence-corrected chi connectivity index (χ2v) is 4.80. The number of carboxylic acid groups (broad SMARTS) is 1. The topological polar surface area (TPSA) is 188 Å². The zero-order chi connectivity index (χ0) is 18.9. The van der Waals surface area contributed by atoms with E-state index in [1.807, 2.05) is 0 Å². The highest BCUT2D eigenvalue weighted by atomic mass is 16.6. The number of aliphatic hydroxyl groups is 4. The molecule has 0 heterocycles. The Balaban J connectivity index is 5.20. The van der Waals surface area contributed by atoms with Crippen molar-refractivity contribution in [1.82, 2.24) is 0 Å². The Morgan fingerprint density at radius 2 is 1.67 bits per heavy atom. The number of aliphatic hydroxyl groups excluding tert-OH is 4. The lowest BCUT2D eigenvalue weighted by Gasteiger charge is -2.29. The van der Waals surface area contributed by atoms with E-state index in [1.54, 1.807) is 0 Å². The third-order valence-corrected chi connectivity index (χ3v) is 2.78. The SMILES string of the molecule is CC(O)C(=O)O[C@@H](C=O)[C@@H](OC(=O)CCC(=O)O)[C@H](O)[C@H](O)CO. The van der Waals surface area contributed by atoms with E-state index in [2.05, 4.69) is 4.74 Å². The molecule has 0 aromatic carbocycles. The van der Waals surface area contributed by atoms with Gasteiger partial charge in [-0.15, -0.1) is 0 Å². The summed E-state index contributed by atoms with van der Waals surface area (Å²) < 4.78 is 9.27. The molecule has 0 aliphatic carbocycles. The molecule has 0 spiro atoms. The van der Waals surface area contributed by atoms with E-state index in [4.69, 9.17) is 20.1 Å². The molecule has 5 atom stereocenters. The van der Waals surface area contributed by atoms with Crippen molar-refractivity contribution < 1.29 is 54.2 Å². The predicted octanol–water partition coefficient (Wildman–Crippen LogP) is -3.03. The quantitative estimate of drug-likeness (QED) is 0.188. The maximum atomic E-state index is 11.6. The molecule has 0 amide bonds. The lowest BCUT2D eigenvalue weighted by molar-refractivity contribution is -0.188. The number of rotatable bonds is 11. The van der Waals surface area contributed by atoms with Gasteiger partial charge in [0.05, 0.1) is 19.4 Å². The third kappa shape index (κ3) is 7.46. The minimum atomic E-state index is -2.01. The van der Waals surface area contributed by atoms with Crippen LogP contribution in [0, 0.1) is 0 Å². The molecule has 5 N–H and O–H groups in total. The highest BCUT2D eigenvalue weighted by Crippen LogP contribution is 2.14. The van der Waals surface area contributed by atoms with E-state index in [-0.39, 0.29) is 6.29 Å². The van der Waals surface area contributed by atoms with Gasteiger partial charge in [0.25, 0.3) is 0 Å². The van der Waals surface area contributed by atoms with E-state index < -0.39 is 67.9 Å². The average Bonchev–Trinajstić information content (AvgIpc) is 2.54. The van der Waals surface area contributed by atoms with Crippen molar-refractivity contribution in [3.63, 3.8) is 0 Å². The highest BCUT2D eigenvalue weighted by Gasteiger charge is 2.38. The van der Waals surface area contributed by atoms with Crippen molar-refractivity contribution in [2.75, 3.05) is 6.61 Å². The fraction of sp³-hybridized carbons (Fsp3) is 0.692. The lowest BCUT2D eigenvalue weighted by Crippen LogP contribution is -2.51. The molecule has 24 heavy (non-hydrogen) atoms. The number of carbonyl (C=O) groups is 4. The van der Waals surface area contributed by atoms with Crippen LogP contribution in [0.2, 0.25) is 0 Å². The van der Waals surface area contributed by atoms with Crippen molar-refractivity contribution in [1.29, 1.82) is 0 Å². The molecule has 0 aromatic heterocycles. The van der Waals surface area contributed by atoms with E-state index >= 15 is 0 Å². The largest absolute Gasteiger partial charge is 0.481 e. The molecule has 11 nitrogen and oxygen atoms in total. The Labute approximate surface area is 136 Å². The van der Waals surface area contributed by atoms with Crippen LogP contribution in [-0.4, -0.2) is 86.9 Å². The van der Waals surface area contributed by atoms with Gasteiger partial charge in [0.15, 0.2) is 18.5 Å². The minimum Gasteiger partial charge on any atom is -0.481 e. The molecule has 0 aliphatic rings. The summed E-state index contributed by atoms with van der Waals surface area (Å²) in [5.41, 5.74) is 0. The van der Waals surface area contributed by atoms with Crippen LogP contribution >= 0.6 is 0 Å². The molecule has 0 saturated carbocycles. The average molecular weight is 352 g/mol. The molecule has 0 saturated heterocycles. The summed E-state index contributed by atoms with van der Waals surface area (Å²) in [6.45, 7) is 0.0807. The summed E-state index contributed by atoms with van der Waals surface area (Å²) in [5.74, 6) is -3.71. The van der Waals surface area contributed by atoms with Crippen LogP contribution in [-0.2, 0) is 28.7 Å². The molecule has 0 fully saturated rings.